The van der Waals surface area contributed by atoms with Crippen molar-refractivity contribution in [2.24, 2.45) is 5.73 Å². The summed E-state index contributed by atoms with van der Waals surface area (Å²) in [5.74, 6) is -0.658. The molecule has 2 atom stereocenters. The molecule has 1 aromatic carbocycles. The lowest BCUT2D eigenvalue weighted by atomic mass is 9.99. The summed E-state index contributed by atoms with van der Waals surface area (Å²) in [7, 11) is 0. The average molecular weight is 223 g/mol. The first-order chi connectivity index (χ1) is 7.61. The summed E-state index contributed by atoms with van der Waals surface area (Å²) in [5.41, 5.74) is 6.81. The predicted octanol–water partition coefficient (Wildman–Crippen LogP) is 0.0668. The molecule has 2 unspecified atom stereocenters. The number of ether oxygens (including phenoxy) is 1. The van der Waals surface area contributed by atoms with Gasteiger partial charge in [-0.2, -0.15) is 0 Å². The van der Waals surface area contributed by atoms with Gasteiger partial charge >= 0.3 is 5.97 Å². The Morgan fingerprint density at radius 3 is 2.94 bits per heavy atom. The lowest BCUT2D eigenvalue weighted by Gasteiger charge is -2.17. The van der Waals surface area contributed by atoms with Crippen LogP contribution in [0, 0.1) is 0 Å². The van der Waals surface area contributed by atoms with Crippen LogP contribution in [-0.4, -0.2) is 28.8 Å². The molecule has 5 nitrogen and oxygen atoms in total. The van der Waals surface area contributed by atoms with Gasteiger partial charge in [0.05, 0.1) is 6.61 Å². The van der Waals surface area contributed by atoms with Gasteiger partial charge in [-0.1, -0.05) is 18.2 Å². The highest BCUT2D eigenvalue weighted by Crippen LogP contribution is 2.34. The smallest absolute Gasteiger partial charge is 0.323 e. The quantitative estimate of drug-likeness (QED) is 0.674. The fourth-order valence-corrected chi connectivity index (χ4v) is 1.80. The third kappa shape index (κ3) is 1.75. The standard InChI is InChI=1S/C11H13NO4/c12-8(11(14)15)9(13)7-3-1-2-6-4-5-16-10(6)7/h1-3,8-9,13H,4-5,12H2,(H,14,15). The van der Waals surface area contributed by atoms with Crippen molar-refractivity contribution in [3.05, 3.63) is 29.3 Å². The van der Waals surface area contributed by atoms with E-state index < -0.39 is 18.1 Å². The van der Waals surface area contributed by atoms with Gasteiger partial charge in [0.25, 0.3) is 0 Å². The second kappa shape index (κ2) is 4.11. The Morgan fingerprint density at radius 2 is 2.25 bits per heavy atom. The normalized spacial score (nSPS) is 17.4. The summed E-state index contributed by atoms with van der Waals surface area (Å²) >= 11 is 0. The van der Waals surface area contributed by atoms with Gasteiger partial charge in [-0.05, 0) is 5.56 Å². The number of aliphatic hydroxyl groups is 1. The predicted molar refractivity (Wildman–Crippen MR) is 56.2 cm³/mol. The minimum absolute atomic E-state index is 0.449. The molecule has 2 rings (SSSR count). The van der Waals surface area contributed by atoms with Crippen LogP contribution in [0.5, 0.6) is 5.75 Å². The van der Waals surface area contributed by atoms with Gasteiger partial charge in [0, 0.05) is 12.0 Å². The highest BCUT2D eigenvalue weighted by atomic mass is 16.5. The van der Waals surface area contributed by atoms with Crippen LogP contribution in [-0.2, 0) is 11.2 Å². The summed E-state index contributed by atoms with van der Waals surface area (Å²) in [6.45, 7) is 0.557. The van der Waals surface area contributed by atoms with E-state index in [1.807, 2.05) is 6.07 Å². The molecule has 0 bridgehead atoms. The van der Waals surface area contributed by atoms with Crippen molar-refractivity contribution < 1.29 is 19.7 Å². The number of fused-ring (bicyclic) bond motifs is 1. The van der Waals surface area contributed by atoms with Gasteiger partial charge in [0.1, 0.15) is 17.9 Å². The molecular weight excluding hydrogens is 210 g/mol. The number of nitrogens with two attached hydrogens (primary N) is 1. The summed E-state index contributed by atoms with van der Waals surface area (Å²) < 4.78 is 5.37. The van der Waals surface area contributed by atoms with Crippen LogP contribution >= 0.6 is 0 Å². The molecule has 1 aliphatic rings. The van der Waals surface area contributed by atoms with E-state index in [4.69, 9.17) is 15.6 Å². The first-order valence-electron chi connectivity index (χ1n) is 5.02. The highest BCUT2D eigenvalue weighted by Gasteiger charge is 2.28. The molecule has 16 heavy (non-hydrogen) atoms. The molecule has 0 saturated heterocycles. The molecule has 0 aromatic heterocycles. The largest absolute Gasteiger partial charge is 0.493 e. The van der Waals surface area contributed by atoms with E-state index in [0.717, 1.165) is 12.0 Å². The second-order valence-electron chi connectivity index (χ2n) is 3.74. The zero-order chi connectivity index (χ0) is 11.7. The Labute approximate surface area is 92.5 Å². The fraction of sp³-hybridized carbons (Fsp3) is 0.364. The van der Waals surface area contributed by atoms with Crippen LogP contribution in [0.15, 0.2) is 18.2 Å². The monoisotopic (exact) mass is 223 g/mol. The molecular formula is C11H13NO4. The molecule has 5 heteroatoms. The number of carboxylic acids is 1. The Bertz CT molecular complexity index is 418. The number of carboxylic acid groups (broad SMARTS) is 1. The number of rotatable bonds is 3. The van der Waals surface area contributed by atoms with E-state index >= 15 is 0 Å². The van der Waals surface area contributed by atoms with Crippen molar-refractivity contribution in [3.63, 3.8) is 0 Å². The molecule has 1 aliphatic heterocycles. The van der Waals surface area contributed by atoms with Gasteiger partial charge in [-0.15, -0.1) is 0 Å². The molecule has 0 aliphatic carbocycles. The molecule has 86 valence electrons. The zero-order valence-corrected chi connectivity index (χ0v) is 8.59. The summed E-state index contributed by atoms with van der Waals surface area (Å²) in [5, 5.41) is 18.6. The Morgan fingerprint density at radius 1 is 1.50 bits per heavy atom. The lowest BCUT2D eigenvalue weighted by Crippen LogP contribution is -2.36. The first kappa shape index (κ1) is 10.9. The van der Waals surface area contributed by atoms with Crippen molar-refractivity contribution in [2.75, 3.05) is 6.61 Å². The van der Waals surface area contributed by atoms with E-state index in [1.54, 1.807) is 12.1 Å². The fourth-order valence-electron chi connectivity index (χ4n) is 1.80. The van der Waals surface area contributed by atoms with E-state index in [1.165, 1.54) is 0 Å². The molecule has 1 aromatic rings. The van der Waals surface area contributed by atoms with Crippen LogP contribution in [0.4, 0.5) is 0 Å². The highest BCUT2D eigenvalue weighted by molar-refractivity contribution is 5.74. The van der Waals surface area contributed by atoms with Gasteiger partial charge in [-0.25, -0.2) is 0 Å². The third-order valence-corrected chi connectivity index (χ3v) is 2.69. The van der Waals surface area contributed by atoms with E-state index in [9.17, 15) is 9.90 Å². The van der Waals surface area contributed by atoms with Gasteiger partial charge < -0.3 is 20.7 Å². The van der Waals surface area contributed by atoms with Gasteiger partial charge in [-0.3, -0.25) is 4.79 Å². The van der Waals surface area contributed by atoms with Crippen LogP contribution in [0.25, 0.3) is 0 Å². The molecule has 0 amide bonds. The van der Waals surface area contributed by atoms with Crippen molar-refractivity contribution in [1.82, 2.24) is 0 Å². The maximum absolute atomic E-state index is 10.7. The molecule has 0 saturated carbocycles. The Balaban J connectivity index is 2.34. The molecule has 1 heterocycles. The average Bonchev–Trinajstić information content (AvgIpc) is 2.74. The number of aliphatic carboxylic acids is 1. The third-order valence-electron chi connectivity index (χ3n) is 2.69. The summed E-state index contributed by atoms with van der Waals surface area (Å²) in [4.78, 5) is 10.7. The SMILES string of the molecule is NC(C(=O)O)C(O)c1cccc2c1OCC2. The topological polar surface area (TPSA) is 92.8 Å². The van der Waals surface area contributed by atoms with E-state index in [0.29, 0.717) is 17.9 Å². The van der Waals surface area contributed by atoms with Gasteiger partial charge in [0.15, 0.2) is 0 Å². The van der Waals surface area contributed by atoms with E-state index in [2.05, 4.69) is 0 Å². The zero-order valence-electron chi connectivity index (χ0n) is 8.59. The van der Waals surface area contributed by atoms with Crippen molar-refractivity contribution in [2.45, 2.75) is 18.6 Å². The summed E-state index contributed by atoms with van der Waals surface area (Å²) in [6, 6.07) is 3.96. The minimum Gasteiger partial charge on any atom is -0.493 e. The lowest BCUT2D eigenvalue weighted by molar-refractivity contribution is -0.141. The van der Waals surface area contributed by atoms with Crippen LogP contribution in [0.3, 0.4) is 0 Å². The molecule has 4 N–H and O–H groups in total. The van der Waals surface area contributed by atoms with Crippen LogP contribution < -0.4 is 10.5 Å². The summed E-state index contributed by atoms with van der Waals surface area (Å²) in [6.07, 6.45) is -0.469. The van der Waals surface area contributed by atoms with Crippen molar-refractivity contribution in [1.29, 1.82) is 0 Å². The minimum atomic E-state index is -1.34. The first-order valence-corrected chi connectivity index (χ1v) is 5.02. The number of hydrogen-bond acceptors (Lipinski definition) is 4. The number of para-hydroxylation sites is 1. The van der Waals surface area contributed by atoms with Crippen LogP contribution in [0.1, 0.15) is 17.2 Å². The van der Waals surface area contributed by atoms with Crippen molar-refractivity contribution >= 4 is 5.97 Å². The number of hydrogen-bond donors (Lipinski definition) is 3. The number of carbonyl (C=O) groups is 1. The molecule has 0 fully saturated rings. The van der Waals surface area contributed by atoms with E-state index in [-0.39, 0.29) is 0 Å². The maximum Gasteiger partial charge on any atom is 0.323 e. The maximum atomic E-state index is 10.7. The van der Waals surface area contributed by atoms with Gasteiger partial charge in [0.2, 0.25) is 0 Å². The Kier molecular flexibility index (Phi) is 2.80. The molecule has 0 radical (unpaired) electrons. The van der Waals surface area contributed by atoms with Crippen LogP contribution in [0.2, 0.25) is 0 Å². The second-order valence-corrected chi connectivity index (χ2v) is 3.74. The number of aliphatic hydroxyl groups excluding tert-OH is 1. The number of benzene rings is 1. The molecule has 0 spiro atoms. The van der Waals surface area contributed by atoms with Crippen molar-refractivity contribution in [3.8, 4) is 5.75 Å². The Hall–Kier alpha value is -1.59.